The van der Waals surface area contributed by atoms with Crippen molar-refractivity contribution in [1.29, 1.82) is 0 Å². The van der Waals surface area contributed by atoms with Gasteiger partial charge in [0.2, 0.25) is 0 Å². The summed E-state index contributed by atoms with van der Waals surface area (Å²) in [5, 5.41) is 7.94. The molecule has 0 amide bonds. The molecule has 252 valence electrons. The van der Waals surface area contributed by atoms with Crippen molar-refractivity contribution in [1.82, 2.24) is 0 Å². The van der Waals surface area contributed by atoms with Crippen LogP contribution in [-0.4, -0.2) is 0 Å². The van der Waals surface area contributed by atoms with Crippen molar-refractivity contribution in [3.05, 3.63) is 228 Å². The summed E-state index contributed by atoms with van der Waals surface area (Å²) in [5.41, 5.74) is 10.6. The minimum atomic E-state index is -0.291. The average molecular weight is 695 g/mol. The van der Waals surface area contributed by atoms with E-state index in [0.29, 0.717) is 0 Å². The van der Waals surface area contributed by atoms with Crippen molar-refractivity contribution < 1.29 is 0 Å². The van der Waals surface area contributed by atoms with E-state index in [-0.39, 0.29) is 5.41 Å². The molecule has 0 bridgehead atoms. The van der Waals surface area contributed by atoms with Gasteiger partial charge in [0.1, 0.15) is 0 Å². The number of fused-ring (bicyclic) bond motifs is 7. The molecule has 0 radical (unpaired) electrons. The van der Waals surface area contributed by atoms with Crippen LogP contribution in [-0.2, 0) is 24.7 Å². The monoisotopic (exact) mass is 694 g/mol. The number of benzene rings is 9. The minimum absolute atomic E-state index is 0.291. The predicted molar refractivity (Wildman–Crippen MR) is 225 cm³/mol. The van der Waals surface area contributed by atoms with Crippen LogP contribution < -0.4 is 0 Å². The molecule has 0 saturated heterocycles. The molecule has 1 aliphatic rings. The van der Waals surface area contributed by atoms with E-state index in [0.717, 1.165) is 19.3 Å². The average Bonchev–Trinajstić information content (AvgIpc) is 3.22. The minimum Gasteiger partial charge on any atom is -0.0894 e. The summed E-state index contributed by atoms with van der Waals surface area (Å²) in [6.07, 6.45) is 2.70. The first-order valence-electron chi connectivity index (χ1n) is 18.6. The lowest BCUT2D eigenvalue weighted by atomic mass is 9.64. The van der Waals surface area contributed by atoms with Crippen molar-refractivity contribution in [2.75, 3.05) is 0 Å². The third-order valence-electron chi connectivity index (χ3n) is 11.3. The van der Waals surface area contributed by atoms with E-state index in [1.54, 1.807) is 0 Å². The van der Waals surface area contributed by atoms with E-state index in [9.17, 15) is 0 Å². The molecule has 0 aromatic heterocycles. The summed E-state index contributed by atoms with van der Waals surface area (Å²) in [6.45, 7) is 0. The van der Waals surface area contributed by atoms with Gasteiger partial charge < -0.3 is 0 Å². The van der Waals surface area contributed by atoms with Gasteiger partial charge in [0.15, 0.2) is 0 Å². The second kappa shape index (κ2) is 13.3. The van der Waals surface area contributed by atoms with Crippen molar-refractivity contribution in [2.24, 2.45) is 0 Å². The fraction of sp³-hybridized carbons (Fsp3) is 0.0769. The van der Waals surface area contributed by atoms with E-state index in [4.69, 9.17) is 0 Å². The van der Waals surface area contributed by atoms with Gasteiger partial charge in [-0.15, -0.1) is 0 Å². The zero-order valence-corrected chi connectivity index (χ0v) is 30.3. The van der Waals surface area contributed by atoms with E-state index < -0.39 is 0 Å². The van der Waals surface area contributed by atoms with Crippen LogP contribution in [0.25, 0.3) is 43.4 Å². The molecule has 0 unspecified atom stereocenters. The van der Waals surface area contributed by atoms with Crippen LogP contribution in [0, 0.1) is 0 Å². The molecule has 0 N–H and O–H groups in total. The van der Waals surface area contributed by atoms with Crippen molar-refractivity contribution in [3.8, 4) is 11.1 Å². The Balaban J connectivity index is 1.12. The van der Waals surface area contributed by atoms with Crippen LogP contribution in [0.5, 0.6) is 0 Å². The number of hydrogen-bond acceptors (Lipinski definition) is 1. The van der Waals surface area contributed by atoms with E-state index >= 15 is 0 Å². The molecular formula is C52H38S. The fourth-order valence-corrected chi connectivity index (χ4v) is 10.4. The summed E-state index contributed by atoms with van der Waals surface area (Å²) in [7, 11) is 0. The van der Waals surface area contributed by atoms with E-state index in [2.05, 4.69) is 194 Å². The Morgan fingerprint density at radius 3 is 1.53 bits per heavy atom. The third kappa shape index (κ3) is 5.64. The summed E-state index contributed by atoms with van der Waals surface area (Å²) in [5.74, 6) is 0. The second-order valence-electron chi connectivity index (χ2n) is 14.5. The third-order valence-corrected chi connectivity index (χ3v) is 12.4. The maximum atomic E-state index is 2.41. The van der Waals surface area contributed by atoms with Crippen molar-refractivity contribution >= 4 is 44.1 Å². The van der Waals surface area contributed by atoms with Crippen LogP contribution >= 0.6 is 11.8 Å². The Kier molecular flexibility index (Phi) is 7.96. The van der Waals surface area contributed by atoms with Crippen LogP contribution in [0.1, 0.15) is 33.4 Å². The molecule has 0 fully saturated rings. The predicted octanol–water partition coefficient (Wildman–Crippen LogP) is 13.6. The second-order valence-corrected chi connectivity index (χ2v) is 15.6. The normalized spacial score (nSPS) is 13.2. The zero-order valence-electron chi connectivity index (χ0n) is 29.5. The molecular weight excluding hydrogens is 657 g/mol. The standard InChI is InChI=1S/C52H38S/c1-3-13-37(14-4-1)34-52(50-45-22-9-7-17-40(45)29-31-47(50)53-48-32-30-41-18-8-10-23-46(41)51(48)52)35-38-27-25-36(26-28-38)33-43-21-11-19-42-20-12-24-44(49(42)43)39-15-5-2-6-16-39/h1-32H,33-35H2. The van der Waals surface area contributed by atoms with Crippen LogP contribution in [0.4, 0.5) is 0 Å². The lowest BCUT2D eigenvalue weighted by molar-refractivity contribution is 0.494. The molecule has 1 heterocycles. The molecule has 0 saturated carbocycles. The van der Waals surface area contributed by atoms with Gasteiger partial charge in [-0.25, -0.2) is 0 Å². The van der Waals surface area contributed by atoms with E-state index in [1.165, 1.54) is 86.6 Å². The maximum Gasteiger partial charge on any atom is 0.0318 e. The van der Waals surface area contributed by atoms with Gasteiger partial charge in [0, 0.05) is 15.2 Å². The van der Waals surface area contributed by atoms with Gasteiger partial charge in [0.25, 0.3) is 0 Å². The zero-order chi connectivity index (χ0) is 35.2. The summed E-state index contributed by atoms with van der Waals surface area (Å²) >= 11 is 1.94. The van der Waals surface area contributed by atoms with Crippen LogP contribution in [0.2, 0.25) is 0 Å². The molecule has 0 spiro atoms. The fourth-order valence-electron chi connectivity index (χ4n) is 9.03. The topological polar surface area (TPSA) is 0 Å². The molecule has 9 aromatic carbocycles. The SMILES string of the molecule is c1ccc(CC2(Cc3ccc(Cc4cccc5cccc(-c6ccccc6)c45)cc3)c3c(ccc4ccccc34)Sc3ccc4ccccc4c32)cc1. The van der Waals surface area contributed by atoms with Gasteiger partial charge in [-0.2, -0.15) is 0 Å². The lowest BCUT2D eigenvalue weighted by Crippen LogP contribution is -2.36. The molecule has 0 aliphatic carbocycles. The van der Waals surface area contributed by atoms with E-state index in [1.807, 2.05) is 11.8 Å². The Hall–Kier alpha value is -5.89. The van der Waals surface area contributed by atoms with Crippen molar-refractivity contribution in [3.63, 3.8) is 0 Å². The molecule has 0 atom stereocenters. The first-order chi connectivity index (χ1) is 26.2. The summed E-state index contributed by atoms with van der Waals surface area (Å²) in [6, 6.07) is 72.3. The van der Waals surface area contributed by atoms with Gasteiger partial charge in [-0.05, 0) is 108 Å². The molecule has 9 aromatic rings. The van der Waals surface area contributed by atoms with Crippen molar-refractivity contribution in [2.45, 2.75) is 34.5 Å². The number of hydrogen-bond donors (Lipinski definition) is 0. The van der Waals surface area contributed by atoms with Gasteiger partial charge >= 0.3 is 0 Å². The Morgan fingerprint density at radius 1 is 0.377 bits per heavy atom. The molecule has 1 heteroatoms. The highest BCUT2D eigenvalue weighted by Crippen LogP contribution is 2.56. The Bertz CT molecular complexity index is 2670. The largest absolute Gasteiger partial charge is 0.0894 e. The van der Waals surface area contributed by atoms with Gasteiger partial charge in [0.05, 0.1) is 0 Å². The quantitative estimate of drug-likeness (QED) is 0.160. The Morgan fingerprint density at radius 2 is 0.887 bits per heavy atom. The highest BCUT2D eigenvalue weighted by molar-refractivity contribution is 7.99. The number of rotatable bonds is 7. The molecule has 0 nitrogen and oxygen atoms in total. The first kappa shape index (κ1) is 31.8. The molecule has 53 heavy (non-hydrogen) atoms. The van der Waals surface area contributed by atoms with Gasteiger partial charge in [-0.1, -0.05) is 194 Å². The smallest absolute Gasteiger partial charge is 0.0318 e. The molecule has 1 aliphatic heterocycles. The maximum absolute atomic E-state index is 2.41. The highest BCUT2D eigenvalue weighted by atomic mass is 32.2. The van der Waals surface area contributed by atoms with Crippen LogP contribution in [0.15, 0.2) is 204 Å². The van der Waals surface area contributed by atoms with Gasteiger partial charge in [-0.3, -0.25) is 0 Å². The Labute approximate surface area is 315 Å². The first-order valence-corrected chi connectivity index (χ1v) is 19.5. The van der Waals surface area contributed by atoms with Crippen LogP contribution in [0.3, 0.4) is 0 Å². The lowest BCUT2D eigenvalue weighted by Gasteiger charge is -2.43. The summed E-state index contributed by atoms with van der Waals surface area (Å²) < 4.78 is 0. The highest BCUT2D eigenvalue weighted by Gasteiger charge is 2.43. The molecule has 10 rings (SSSR count). The summed E-state index contributed by atoms with van der Waals surface area (Å²) in [4.78, 5) is 2.73.